The van der Waals surface area contributed by atoms with Crippen molar-refractivity contribution in [2.24, 2.45) is 5.92 Å². The first-order chi connectivity index (χ1) is 15.2. The van der Waals surface area contributed by atoms with Gasteiger partial charge in [0.15, 0.2) is 21.8 Å². The number of aromatic nitrogens is 1. The molecule has 32 heavy (non-hydrogen) atoms. The number of likely N-dealkylation sites (tertiary alicyclic amines) is 1. The molecule has 1 fully saturated rings. The minimum Gasteiger partial charge on any atom is -0.443 e. The van der Waals surface area contributed by atoms with Crippen LogP contribution in [0.25, 0.3) is 11.1 Å². The van der Waals surface area contributed by atoms with Crippen molar-refractivity contribution in [3.8, 4) is 0 Å². The van der Waals surface area contributed by atoms with E-state index in [4.69, 9.17) is 4.42 Å². The van der Waals surface area contributed by atoms with Crippen molar-refractivity contribution in [2.75, 3.05) is 13.1 Å². The van der Waals surface area contributed by atoms with Crippen LogP contribution in [0.3, 0.4) is 0 Å². The monoisotopic (exact) mass is 456 g/mol. The van der Waals surface area contributed by atoms with Gasteiger partial charge in [-0.1, -0.05) is 32.0 Å². The molecule has 2 aromatic carbocycles. The van der Waals surface area contributed by atoms with E-state index in [2.05, 4.69) is 18.8 Å². The Hall–Kier alpha value is -2.71. The number of para-hydroxylation sites is 1. The van der Waals surface area contributed by atoms with Gasteiger partial charge in [-0.15, -0.1) is 0 Å². The van der Waals surface area contributed by atoms with E-state index in [0.717, 1.165) is 6.42 Å². The van der Waals surface area contributed by atoms with Crippen molar-refractivity contribution in [1.82, 2.24) is 9.88 Å². The second-order valence-electron chi connectivity index (χ2n) is 9.03. The predicted octanol–water partition coefficient (Wildman–Crippen LogP) is 3.81. The van der Waals surface area contributed by atoms with E-state index in [9.17, 15) is 18.3 Å². The summed E-state index contributed by atoms with van der Waals surface area (Å²) < 4.78 is 31.1. The first kappa shape index (κ1) is 22.5. The highest BCUT2D eigenvalue weighted by Crippen LogP contribution is 2.30. The third-order valence-corrected chi connectivity index (χ3v) is 7.70. The van der Waals surface area contributed by atoms with E-state index in [-0.39, 0.29) is 16.6 Å². The Bertz CT molecular complexity index is 1210. The average molecular weight is 457 g/mol. The molecule has 1 aromatic heterocycles. The van der Waals surface area contributed by atoms with Crippen LogP contribution in [0, 0.1) is 5.92 Å². The first-order valence-electron chi connectivity index (χ1n) is 10.8. The second kappa shape index (κ2) is 8.67. The Morgan fingerprint density at radius 3 is 2.50 bits per heavy atom. The number of rotatable bonds is 6. The number of sulfone groups is 1. The van der Waals surface area contributed by atoms with Crippen LogP contribution < -0.4 is 0 Å². The van der Waals surface area contributed by atoms with Crippen LogP contribution in [0.15, 0.2) is 58.2 Å². The second-order valence-corrected chi connectivity index (χ2v) is 11.0. The molecule has 0 bridgehead atoms. The molecule has 170 valence electrons. The van der Waals surface area contributed by atoms with Crippen LogP contribution in [0.4, 0.5) is 0 Å². The van der Waals surface area contributed by atoms with Gasteiger partial charge in [-0.05, 0) is 55.0 Å². The predicted molar refractivity (Wildman–Crippen MR) is 121 cm³/mol. The summed E-state index contributed by atoms with van der Waals surface area (Å²) in [7, 11) is -3.63. The molecule has 1 aliphatic heterocycles. The molecule has 1 N–H and O–H groups in total. The minimum absolute atomic E-state index is 0.0987. The SMILES string of the molecule is CC(C)CC1(O)CCN(C(=O)c2ccc(CS(=O)(=O)c3cccc4ocnc34)cc2)CC1. The Morgan fingerprint density at radius 1 is 1.16 bits per heavy atom. The maximum atomic E-state index is 12.9. The van der Waals surface area contributed by atoms with Crippen LogP contribution in [-0.2, 0) is 15.6 Å². The van der Waals surface area contributed by atoms with Crippen molar-refractivity contribution in [1.29, 1.82) is 0 Å². The van der Waals surface area contributed by atoms with Gasteiger partial charge >= 0.3 is 0 Å². The summed E-state index contributed by atoms with van der Waals surface area (Å²) in [6.07, 6.45) is 3.11. The van der Waals surface area contributed by atoms with Gasteiger partial charge in [-0.3, -0.25) is 4.79 Å². The van der Waals surface area contributed by atoms with Crippen LogP contribution in [0.2, 0.25) is 0 Å². The van der Waals surface area contributed by atoms with Crippen molar-refractivity contribution in [3.05, 3.63) is 60.0 Å². The zero-order valence-electron chi connectivity index (χ0n) is 18.3. The van der Waals surface area contributed by atoms with Gasteiger partial charge in [0.2, 0.25) is 0 Å². The number of hydrogen-bond acceptors (Lipinski definition) is 6. The lowest BCUT2D eigenvalue weighted by Gasteiger charge is -2.39. The molecular weight excluding hydrogens is 428 g/mol. The average Bonchev–Trinajstić information content (AvgIpc) is 3.22. The van der Waals surface area contributed by atoms with Crippen molar-refractivity contribution in [3.63, 3.8) is 0 Å². The molecular formula is C24H28N2O5S. The fourth-order valence-electron chi connectivity index (χ4n) is 4.42. The number of nitrogens with zero attached hydrogens (tertiary/aromatic N) is 2. The lowest BCUT2D eigenvalue weighted by Crippen LogP contribution is -2.47. The Morgan fingerprint density at radius 2 is 1.84 bits per heavy atom. The molecule has 2 heterocycles. The maximum Gasteiger partial charge on any atom is 0.253 e. The Balaban J connectivity index is 1.43. The molecule has 3 aromatic rings. The number of hydrogen-bond donors (Lipinski definition) is 1. The van der Waals surface area contributed by atoms with Gasteiger partial charge < -0.3 is 14.4 Å². The molecule has 7 nitrogen and oxygen atoms in total. The summed E-state index contributed by atoms with van der Waals surface area (Å²) in [5.41, 5.74) is 1.15. The van der Waals surface area contributed by atoms with Crippen molar-refractivity contribution in [2.45, 2.75) is 49.4 Å². The van der Waals surface area contributed by atoms with E-state index >= 15 is 0 Å². The molecule has 1 aliphatic rings. The molecule has 1 saturated heterocycles. The van der Waals surface area contributed by atoms with Crippen LogP contribution >= 0.6 is 0 Å². The largest absolute Gasteiger partial charge is 0.443 e. The van der Waals surface area contributed by atoms with Crippen molar-refractivity contribution >= 4 is 26.8 Å². The van der Waals surface area contributed by atoms with E-state index in [1.807, 2.05) is 0 Å². The summed E-state index contributed by atoms with van der Waals surface area (Å²) in [5.74, 6) is 0.111. The van der Waals surface area contributed by atoms with Gasteiger partial charge in [-0.2, -0.15) is 0 Å². The van der Waals surface area contributed by atoms with Crippen LogP contribution in [0.1, 0.15) is 49.0 Å². The molecule has 1 amide bonds. The Kier molecular flexibility index (Phi) is 6.09. The normalized spacial score (nSPS) is 16.6. The summed E-state index contributed by atoms with van der Waals surface area (Å²) in [4.78, 5) is 18.8. The number of carbonyl (C=O) groups is 1. The summed E-state index contributed by atoms with van der Waals surface area (Å²) in [6.45, 7) is 5.20. The van der Waals surface area contributed by atoms with E-state index in [1.54, 1.807) is 41.3 Å². The lowest BCUT2D eigenvalue weighted by molar-refractivity contribution is -0.0311. The van der Waals surface area contributed by atoms with Gasteiger partial charge in [0.1, 0.15) is 5.52 Å². The topological polar surface area (TPSA) is 101 Å². The standard InChI is InChI=1S/C24H28N2O5S/c1-17(2)14-24(28)10-12-26(13-11-24)23(27)19-8-6-18(7-9-19)15-32(29,30)21-5-3-4-20-22(21)25-16-31-20/h3-9,16-17,28H,10-15H2,1-2H3. The molecule has 0 radical (unpaired) electrons. The number of oxazole rings is 1. The zero-order valence-corrected chi connectivity index (χ0v) is 19.1. The molecule has 4 rings (SSSR count). The maximum absolute atomic E-state index is 12.9. The summed E-state index contributed by atoms with van der Waals surface area (Å²) in [6, 6.07) is 11.5. The zero-order chi connectivity index (χ0) is 22.9. The quantitative estimate of drug-likeness (QED) is 0.605. The Labute approximate surface area is 188 Å². The molecule has 8 heteroatoms. The van der Waals surface area contributed by atoms with E-state index < -0.39 is 15.4 Å². The third-order valence-electron chi connectivity index (χ3n) is 5.99. The molecule has 0 spiro atoms. The van der Waals surface area contributed by atoms with Gasteiger partial charge in [0.05, 0.1) is 16.2 Å². The van der Waals surface area contributed by atoms with Crippen LogP contribution in [0.5, 0.6) is 0 Å². The number of benzene rings is 2. The fourth-order valence-corrected chi connectivity index (χ4v) is 5.95. The minimum atomic E-state index is -3.63. The van der Waals surface area contributed by atoms with E-state index in [0.29, 0.717) is 54.1 Å². The smallest absolute Gasteiger partial charge is 0.253 e. The van der Waals surface area contributed by atoms with Crippen molar-refractivity contribution < 1.29 is 22.7 Å². The fraction of sp³-hybridized carbons (Fsp3) is 0.417. The lowest BCUT2D eigenvalue weighted by atomic mass is 9.84. The van der Waals surface area contributed by atoms with Gasteiger partial charge in [-0.25, -0.2) is 13.4 Å². The highest BCUT2D eigenvalue weighted by molar-refractivity contribution is 7.90. The van der Waals surface area contributed by atoms with Gasteiger partial charge in [0.25, 0.3) is 5.91 Å². The number of aliphatic hydroxyl groups is 1. The third kappa shape index (κ3) is 4.71. The summed E-state index contributed by atoms with van der Waals surface area (Å²) in [5, 5.41) is 10.7. The molecule has 0 unspecified atom stereocenters. The highest BCUT2D eigenvalue weighted by Gasteiger charge is 2.34. The molecule has 0 aliphatic carbocycles. The summed E-state index contributed by atoms with van der Waals surface area (Å²) >= 11 is 0. The molecule has 0 saturated carbocycles. The molecule has 0 atom stereocenters. The van der Waals surface area contributed by atoms with Crippen LogP contribution in [-0.4, -0.2) is 48.0 Å². The van der Waals surface area contributed by atoms with Gasteiger partial charge in [0, 0.05) is 18.7 Å². The number of fused-ring (bicyclic) bond motifs is 1. The van der Waals surface area contributed by atoms with E-state index in [1.165, 1.54) is 12.5 Å². The number of amides is 1. The number of piperidine rings is 1. The number of carbonyl (C=O) groups excluding carboxylic acids is 1. The highest BCUT2D eigenvalue weighted by atomic mass is 32.2. The first-order valence-corrected chi connectivity index (χ1v) is 12.5.